The minimum Gasteiger partial charge on any atom is -0.385 e. The molecule has 0 aromatic carbocycles. The first-order valence-electron chi connectivity index (χ1n) is 6.85. The molecule has 0 aromatic heterocycles. The highest BCUT2D eigenvalue weighted by molar-refractivity contribution is 5.89. The molecule has 0 amide bonds. The summed E-state index contributed by atoms with van der Waals surface area (Å²) in [4.78, 5) is 12.4. The van der Waals surface area contributed by atoms with Crippen molar-refractivity contribution in [1.82, 2.24) is 0 Å². The minimum absolute atomic E-state index is 0.107. The highest BCUT2D eigenvalue weighted by atomic mass is 16.3. The van der Waals surface area contributed by atoms with E-state index in [0.29, 0.717) is 6.42 Å². The Morgan fingerprint density at radius 3 is 2.00 bits per heavy atom. The quantitative estimate of drug-likeness (QED) is 0.796. The van der Waals surface area contributed by atoms with E-state index >= 15 is 0 Å². The molecule has 4 aliphatic rings. The number of carbonyl (C=O) groups is 1. The monoisotopic (exact) mass is 222 g/mol. The molecule has 90 valence electrons. The summed E-state index contributed by atoms with van der Waals surface area (Å²) in [5, 5.41) is 9.84. The first-order valence-corrected chi connectivity index (χ1v) is 6.85. The lowest BCUT2D eigenvalue weighted by Crippen LogP contribution is -2.52. The number of rotatable bonds is 3. The topological polar surface area (TPSA) is 37.3 Å². The average Bonchev–Trinajstić information content (AvgIpc) is 2.25. The fourth-order valence-corrected chi connectivity index (χ4v) is 4.95. The maximum absolute atomic E-state index is 12.4. The van der Waals surface area contributed by atoms with Crippen LogP contribution < -0.4 is 0 Å². The molecule has 0 aromatic rings. The standard InChI is InChI=1S/C14H22O2/c1-2-12(15)13(16)14-6-9-3-10(7-14)5-11(4-9)8-14/h9-12,15H,2-8H2,1H3. The Balaban J connectivity index is 1.85. The van der Waals surface area contributed by atoms with Crippen LogP contribution in [0.1, 0.15) is 51.9 Å². The van der Waals surface area contributed by atoms with Gasteiger partial charge in [-0.1, -0.05) is 6.92 Å². The van der Waals surface area contributed by atoms with Gasteiger partial charge in [-0.05, 0) is 62.7 Å². The van der Waals surface area contributed by atoms with E-state index in [1.165, 1.54) is 19.3 Å². The predicted molar refractivity (Wildman–Crippen MR) is 61.9 cm³/mol. The number of hydrogen-bond acceptors (Lipinski definition) is 2. The van der Waals surface area contributed by atoms with Crippen LogP contribution in [0.3, 0.4) is 0 Å². The third kappa shape index (κ3) is 1.46. The summed E-state index contributed by atoms with van der Waals surface area (Å²) >= 11 is 0. The van der Waals surface area contributed by atoms with Crippen molar-refractivity contribution in [3.05, 3.63) is 0 Å². The van der Waals surface area contributed by atoms with Crippen molar-refractivity contribution in [1.29, 1.82) is 0 Å². The van der Waals surface area contributed by atoms with Crippen LogP contribution in [0.15, 0.2) is 0 Å². The first kappa shape index (κ1) is 10.8. The Morgan fingerprint density at radius 2 is 1.62 bits per heavy atom. The highest BCUT2D eigenvalue weighted by Gasteiger charge is 2.55. The molecule has 0 spiro atoms. The zero-order chi connectivity index (χ0) is 11.3. The summed E-state index contributed by atoms with van der Waals surface area (Å²) in [7, 11) is 0. The molecular weight excluding hydrogens is 200 g/mol. The van der Waals surface area contributed by atoms with Gasteiger partial charge in [0.15, 0.2) is 5.78 Å². The van der Waals surface area contributed by atoms with Gasteiger partial charge in [-0.2, -0.15) is 0 Å². The van der Waals surface area contributed by atoms with Gasteiger partial charge in [-0.3, -0.25) is 4.79 Å². The normalized spacial score (nSPS) is 47.0. The van der Waals surface area contributed by atoms with Crippen molar-refractivity contribution in [2.24, 2.45) is 23.2 Å². The maximum atomic E-state index is 12.4. The van der Waals surface area contributed by atoms with Crippen LogP contribution >= 0.6 is 0 Å². The smallest absolute Gasteiger partial charge is 0.167 e. The van der Waals surface area contributed by atoms with Gasteiger partial charge in [0.25, 0.3) is 0 Å². The highest BCUT2D eigenvalue weighted by Crippen LogP contribution is 2.60. The van der Waals surface area contributed by atoms with Crippen LogP contribution in [0, 0.1) is 23.2 Å². The number of aliphatic hydroxyl groups is 1. The van der Waals surface area contributed by atoms with E-state index in [4.69, 9.17) is 0 Å². The molecule has 0 radical (unpaired) electrons. The van der Waals surface area contributed by atoms with E-state index in [0.717, 1.165) is 37.0 Å². The lowest BCUT2D eigenvalue weighted by atomic mass is 9.48. The zero-order valence-electron chi connectivity index (χ0n) is 10.1. The second-order valence-corrected chi connectivity index (χ2v) is 6.49. The van der Waals surface area contributed by atoms with Gasteiger partial charge in [-0.15, -0.1) is 0 Å². The first-order chi connectivity index (χ1) is 7.63. The van der Waals surface area contributed by atoms with Crippen LogP contribution in [0.25, 0.3) is 0 Å². The molecule has 4 aliphatic carbocycles. The van der Waals surface area contributed by atoms with Crippen molar-refractivity contribution >= 4 is 5.78 Å². The number of ketones is 1. The third-order valence-corrected chi connectivity index (χ3v) is 5.25. The minimum atomic E-state index is -0.698. The van der Waals surface area contributed by atoms with E-state index in [2.05, 4.69) is 0 Å². The molecule has 2 nitrogen and oxygen atoms in total. The lowest BCUT2D eigenvalue weighted by molar-refractivity contribution is -0.152. The van der Waals surface area contributed by atoms with E-state index in [1.807, 2.05) is 6.92 Å². The SMILES string of the molecule is CCC(O)C(=O)C12CC3CC(CC(C3)C1)C2. The summed E-state index contributed by atoms with van der Waals surface area (Å²) in [5.41, 5.74) is -0.107. The molecule has 2 heteroatoms. The zero-order valence-corrected chi connectivity index (χ0v) is 10.1. The summed E-state index contributed by atoms with van der Waals surface area (Å²) in [6.07, 6.45) is 7.19. The average molecular weight is 222 g/mol. The fraction of sp³-hybridized carbons (Fsp3) is 0.929. The largest absolute Gasteiger partial charge is 0.385 e. The van der Waals surface area contributed by atoms with Crippen LogP contribution in [-0.2, 0) is 4.79 Å². The molecule has 0 aliphatic heterocycles. The second kappa shape index (κ2) is 3.56. The van der Waals surface area contributed by atoms with Crippen molar-refractivity contribution in [2.45, 2.75) is 58.0 Å². The lowest BCUT2D eigenvalue weighted by Gasteiger charge is -2.56. The molecular formula is C14H22O2. The van der Waals surface area contributed by atoms with E-state index in [1.54, 1.807) is 0 Å². The molecule has 1 atom stereocenters. The molecule has 4 saturated carbocycles. The Kier molecular flexibility index (Phi) is 2.39. The Bertz CT molecular complexity index is 273. The fourth-order valence-electron chi connectivity index (χ4n) is 4.95. The van der Waals surface area contributed by atoms with Gasteiger partial charge in [-0.25, -0.2) is 0 Å². The van der Waals surface area contributed by atoms with Gasteiger partial charge in [0.1, 0.15) is 6.10 Å². The summed E-state index contributed by atoms with van der Waals surface area (Å²) in [6, 6.07) is 0. The van der Waals surface area contributed by atoms with E-state index in [9.17, 15) is 9.90 Å². The molecule has 4 bridgehead atoms. The maximum Gasteiger partial charge on any atom is 0.167 e. The molecule has 1 unspecified atom stereocenters. The number of carbonyl (C=O) groups excluding carboxylic acids is 1. The summed E-state index contributed by atoms with van der Waals surface area (Å²) in [6.45, 7) is 1.91. The molecule has 0 saturated heterocycles. The van der Waals surface area contributed by atoms with E-state index in [-0.39, 0.29) is 11.2 Å². The number of Topliss-reactive ketones (excluding diaryl/α,β-unsaturated/α-hetero) is 1. The summed E-state index contributed by atoms with van der Waals surface area (Å²) in [5.74, 6) is 2.55. The number of aliphatic hydroxyl groups excluding tert-OH is 1. The van der Waals surface area contributed by atoms with Crippen molar-refractivity contribution < 1.29 is 9.90 Å². The summed E-state index contributed by atoms with van der Waals surface area (Å²) < 4.78 is 0. The van der Waals surface area contributed by atoms with Gasteiger partial charge in [0, 0.05) is 5.41 Å². The van der Waals surface area contributed by atoms with Crippen LogP contribution in [0.5, 0.6) is 0 Å². The van der Waals surface area contributed by atoms with Gasteiger partial charge < -0.3 is 5.11 Å². The molecule has 0 heterocycles. The van der Waals surface area contributed by atoms with Crippen LogP contribution in [0.4, 0.5) is 0 Å². The predicted octanol–water partition coefficient (Wildman–Crippen LogP) is 2.54. The molecule has 16 heavy (non-hydrogen) atoms. The molecule has 4 fully saturated rings. The molecule has 4 rings (SSSR count). The second-order valence-electron chi connectivity index (χ2n) is 6.49. The Morgan fingerprint density at radius 1 is 1.19 bits per heavy atom. The third-order valence-electron chi connectivity index (χ3n) is 5.25. The van der Waals surface area contributed by atoms with Crippen molar-refractivity contribution in [3.63, 3.8) is 0 Å². The van der Waals surface area contributed by atoms with Crippen LogP contribution in [-0.4, -0.2) is 17.0 Å². The van der Waals surface area contributed by atoms with Crippen molar-refractivity contribution in [2.75, 3.05) is 0 Å². The molecule has 1 N–H and O–H groups in total. The Hall–Kier alpha value is -0.370. The van der Waals surface area contributed by atoms with Gasteiger partial charge in [0.05, 0.1) is 0 Å². The number of hydrogen-bond donors (Lipinski definition) is 1. The van der Waals surface area contributed by atoms with Crippen molar-refractivity contribution in [3.8, 4) is 0 Å². The van der Waals surface area contributed by atoms with Crippen LogP contribution in [0.2, 0.25) is 0 Å². The van der Waals surface area contributed by atoms with E-state index < -0.39 is 6.10 Å². The Labute approximate surface area is 97.4 Å². The van der Waals surface area contributed by atoms with Gasteiger partial charge in [0.2, 0.25) is 0 Å². The van der Waals surface area contributed by atoms with Gasteiger partial charge >= 0.3 is 0 Å².